The summed E-state index contributed by atoms with van der Waals surface area (Å²) in [6.45, 7) is 4.01. The normalized spacial score (nSPS) is 12.6. The summed E-state index contributed by atoms with van der Waals surface area (Å²) < 4.78 is 0.926. The van der Waals surface area contributed by atoms with Crippen molar-refractivity contribution in [1.82, 2.24) is 15.3 Å². The first-order valence-corrected chi connectivity index (χ1v) is 27.1. The number of thioether (sulfide) groups is 2. The lowest BCUT2D eigenvalue weighted by molar-refractivity contribution is 0.101. The molecule has 1 atom stereocenters. The van der Waals surface area contributed by atoms with E-state index in [0.717, 1.165) is 48.8 Å². The summed E-state index contributed by atoms with van der Waals surface area (Å²) in [5, 5.41) is 33.8. The zero-order chi connectivity index (χ0) is 53.2. The molecule has 20 heteroatoms. The monoisotopic (exact) mass is 1130 g/mol. The molecule has 8 aromatic rings. The Morgan fingerprint density at radius 2 is 1.18 bits per heavy atom. The van der Waals surface area contributed by atoms with E-state index in [1.54, 1.807) is 91.0 Å². The van der Waals surface area contributed by atoms with Crippen molar-refractivity contribution in [3.63, 3.8) is 0 Å². The number of aryl methyl sites for hydroxylation is 2. The Balaban J connectivity index is 0.000000202. The predicted molar refractivity (Wildman–Crippen MR) is 318 cm³/mol. The molecule has 0 aliphatic carbocycles. The number of thiophene rings is 1. The first-order valence-electron chi connectivity index (χ1n) is 23.4. The van der Waals surface area contributed by atoms with Crippen LogP contribution in [0.25, 0.3) is 11.4 Å². The van der Waals surface area contributed by atoms with Gasteiger partial charge < -0.3 is 48.3 Å². The molecule has 1 aliphatic rings. The molecule has 1 aliphatic heterocycles. The van der Waals surface area contributed by atoms with Crippen molar-refractivity contribution in [3.8, 4) is 0 Å². The van der Waals surface area contributed by atoms with E-state index >= 15 is 0 Å². The Hall–Kier alpha value is -8.56. The number of carbonyl (C=O) groups excluding carboxylic acids is 4. The van der Waals surface area contributed by atoms with E-state index < -0.39 is 0 Å². The van der Waals surface area contributed by atoms with Gasteiger partial charge in [-0.25, -0.2) is 9.59 Å². The maximum absolute atomic E-state index is 12.8. The van der Waals surface area contributed by atoms with Gasteiger partial charge in [-0.3, -0.25) is 24.9 Å². The minimum atomic E-state index is -0.373. The van der Waals surface area contributed by atoms with E-state index in [4.69, 9.17) is 5.73 Å². The fraction of sp³-hybridized carbons (Fsp3) is 0.0714. The Bertz CT molecular complexity index is 3330. The van der Waals surface area contributed by atoms with Gasteiger partial charge in [0.2, 0.25) is 0 Å². The molecule has 16 nitrogen and oxygen atoms in total. The molecule has 0 spiro atoms. The molecule has 3 aromatic heterocycles. The molecule has 5 aromatic carbocycles. The summed E-state index contributed by atoms with van der Waals surface area (Å²) >= 11 is 7.97. The van der Waals surface area contributed by atoms with Crippen molar-refractivity contribution >= 4 is 131 Å². The molecule has 1 unspecified atom stereocenters. The highest BCUT2D eigenvalue weighted by molar-refractivity contribution is 9.10. The fourth-order valence-electron chi connectivity index (χ4n) is 7.10. The van der Waals surface area contributed by atoms with E-state index in [2.05, 4.69) is 79.2 Å². The van der Waals surface area contributed by atoms with Crippen LogP contribution in [-0.4, -0.2) is 45.2 Å². The van der Waals surface area contributed by atoms with Crippen LogP contribution in [0.15, 0.2) is 191 Å². The lowest BCUT2D eigenvalue weighted by Gasteiger charge is -2.19. The van der Waals surface area contributed by atoms with Crippen molar-refractivity contribution in [3.05, 3.63) is 224 Å². The van der Waals surface area contributed by atoms with Gasteiger partial charge in [0.1, 0.15) is 5.50 Å². The molecule has 6 amide bonds. The van der Waals surface area contributed by atoms with Gasteiger partial charge in [-0.15, -0.1) is 23.1 Å². The SMILES string of the molecule is Cc1ccc(NC(=O)c2ccc(NC(=O)Nc3ccc(Br)cc3)cc2)cc1NCS/C=C(\N)c1cccnc1.Cc1ccc(NC(=O)c2ccc(NC(=O)Nc3cccs3)cc2)cc1NC1NC(c2cccnc2)=CS1. The average molecular weight is 1130 g/mol. The van der Waals surface area contributed by atoms with Gasteiger partial charge in [-0.2, -0.15) is 0 Å². The van der Waals surface area contributed by atoms with Gasteiger partial charge in [-0.05, 0) is 175 Å². The highest BCUT2D eigenvalue weighted by Crippen LogP contribution is 2.31. The van der Waals surface area contributed by atoms with E-state index in [-0.39, 0.29) is 29.4 Å². The van der Waals surface area contributed by atoms with E-state index in [9.17, 15) is 19.2 Å². The Morgan fingerprint density at radius 3 is 1.75 bits per heavy atom. The maximum atomic E-state index is 12.8. The van der Waals surface area contributed by atoms with Crippen molar-refractivity contribution in [2.24, 2.45) is 5.73 Å². The second-order valence-corrected chi connectivity index (χ2v) is 20.3. The lowest BCUT2D eigenvalue weighted by Crippen LogP contribution is -2.28. The number of amides is 6. The number of rotatable bonds is 16. The predicted octanol–water partition coefficient (Wildman–Crippen LogP) is 13.5. The molecule has 4 heterocycles. The number of anilines is 8. The average Bonchev–Trinajstić information content (AvgIpc) is 4.14. The Kier molecular flexibility index (Phi) is 18.8. The summed E-state index contributed by atoms with van der Waals surface area (Å²) in [6.07, 6.45) is 7.01. The molecular formula is C56H51BrN12O4S3. The van der Waals surface area contributed by atoms with Crippen LogP contribution in [0.5, 0.6) is 0 Å². The van der Waals surface area contributed by atoms with Crippen LogP contribution in [0, 0.1) is 13.8 Å². The molecule has 384 valence electrons. The highest BCUT2D eigenvalue weighted by Gasteiger charge is 2.19. The Morgan fingerprint density at radius 1 is 0.632 bits per heavy atom. The fourth-order valence-corrected chi connectivity index (χ4v) is 9.48. The molecule has 0 saturated carbocycles. The number of hydrogen-bond donors (Lipinski definition) is 10. The van der Waals surface area contributed by atoms with Crippen LogP contribution in [-0.2, 0) is 0 Å². The number of halogens is 1. The van der Waals surface area contributed by atoms with Crippen molar-refractivity contribution in [1.29, 1.82) is 0 Å². The van der Waals surface area contributed by atoms with E-state index in [1.165, 1.54) is 23.1 Å². The van der Waals surface area contributed by atoms with Crippen LogP contribution < -0.4 is 53.6 Å². The number of benzene rings is 5. The summed E-state index contributed by atoms with van der Waals surface area (Å²) in [5.41, 5.74) is 17.7. The minimum absolute atomic E-state index is 0.0445. The quantitative estimate of drug-likeness (QED) is 0.0322. The van der Waals surface area contributed by atoms with Gasteiger partial charge in [0.25, 0.3) is 11.8 Å². The third-order valence-electron chi connectivity index (χ3n) is 11.1. The Labute approximate surface area is 460 Å². The smallest absolute Gasteiger partial charge is 0.324 e. The maximum Gasteiger partial charge on any atom is 0.324 e. The second-order valence-electron chi connectivity index (χ2n) is 16.6. The first kappa shape index (κ1) is 53.7. The van der Waals surface area contributed by atoms with Crippen molar-refractivity contribution < 1.29 is 19.2 Å². The number of hydrogen-bond acceptors (Lipinski definition) is 13. The third kappa shape index (κ3) is 16.0. The van der Waals surface area contributed by atoms with Crippen LogP contribution in [0.2, 0.25) is 0 Å². The number of urea groups is 2. The number of aromatic nitrogens is 2. The topological polar surface area (TPSA) is 228 Å². The highest BCUT2D eigenvalue weighted by atomic mass is 79.9. The second kappa shape index (κ2) is 26.6. The summed E-state index contributed by atoms with van der Waals surface area (Å²) in [7, 11) is 0. The van der Waals surface area contributed by atoms with Crippen LogP contribution in [0.3, 0.4) is 0 Å². The van der Waals surface area contributed by atoms with Gasteiger partial charge >= 0.3 is 12.1 Å². The van der Waals surface area contributed by atoms with Gasteiger partial charge in [0.15, 0.2) is 0 Å². The molecule has 0 saturated heterocycles. The van der Waals surface area contributed by atoms with Crippen LogP contribution >= 0.6 is 50.8 Å². The molecule has 11 N–H and O–H groups in total. The molecule has 76 heavy (non-hydrogen) atoms. The first-order chi connectivity index (χ1) is 36.9. The van der Waals surface area contributed by atoms with Crippen LogP contribution in [0.1, 0.15) is 43.0 Å². The summed E-state index contributed by atoms with van der Waals surface area (Å²) in [6, 6.07) is 42.8. The van der Waals surface area contributed by atoms with Crippen molar-refractivity contribution in [2.45, 2.75) is 19.3 Å². The molecular weight excluding hydrogens is 1080 g/mol. The number of nitrogens with two attached hydrogens (primary N) is 1. The summed E-state index contributed by atoms with van der Waals surface area (Å²) in [5.74, 6) is 0.110. The standard InChI is InChI=1S/C29H27BrN6O2S.C27H24N6O2S2/c1-19-4-9-25(15-27(19)33-18-39-17-26(31)21-3-2-14-32-16-21)34-28(37)20-5-10-23(11-6-20)35-29(38)36-24-12-7-22(30)8-13-24;1-17-6-9-21(14-22(17)31-27-32-23(16-37-27)19-4-2-12-28-15-19)29-25(34)18-7-10-20(11-8-18)30-26(35)33-24-5-3-13-36-24/h2-17,33H,18,31H2,1H3,(H,34,37)(H2,35,36,38);2-16,27,31-32H,1H3,(H,29,34)(H2,30,33,35)/b26-17-;. The molecule has 0 radical (unpaired) electrons. The van der Waals surface area contributed by atoms with Gasteiger partial charge in [0.05, 0.1) is 16.6 Å². The zero-order valence-corrected chi connectivity index (χ0v) is 44.9. The number of carbonyl (C=O) groups is 4. The van der Waals surface area contributed by atoms with Gasteiger partial charge in [-0.1, -0.05) is 39.8 Å². The number of nitrogens with zero attached hydrogens (tertiary/aromatic N) is 2. The van der Waals surface area contributed by atoms with E-state index in [1.807, 2.05) is 116 Å². The van der Waals surface area contributed by atoms with E-state index in [0.29, 0.717) is 51.1 Å². The zero-order valence-electron chi connectivity index (χ0n) is 40.9. The molecule has 0 bridgehead atoms. The largest absolute Gasteiger partial charge is 0.398 e. The number of pyridine rings is 2. The van der Waals surface area contributed by atoms with Crippen LogP contribution in [0.4, 0.5) is 54.4 Å². The summed E-state index contributed by atoms with van der Waals surface area (Å²) in [4.78, 5) is 58.3. The number of nitrogens with one attached hydrogen (secondary N) is 9. The van der Waals surface area contributed by atoms with Gasteiger partial charge in [0, 0.05) is 97.0 Å². The molecule has 9 rings (SSSR count). The minimum Gasteiger partial charge on any atom is -0.398 e. The van der Waals surface area contributed by atoms with Crippen molar-refractivity contribution in [2.75, 3.05) is 48.4 Å². The lowest BCUT2D eigenvalue weighted by atomic mass is 10.1. The molecule has 0 fully saturated rings. The third-order valence-corrected chi connectivity index (χ3v) is 14.0.